The number of halogens is 1. The molecule has 26 heavy (non-hydrogen) atoms. The van der Waals surface area contributed by atoms with Gasteiger partial charge in [0.25, 0.3) is 0 Å². The molecule has 0 radical (unpaired) electrons. The molecule has 0 spiro atoms. The summed E-state index contributed by atoms with van der Waals surface area (Å²) in [6.07, 6.45) is -0.278. The summed E-state index contributed by atoms with van der Waals surface area (Å²) in [4.78, 5) is 20.5. The fourth-order valence-electron chi connectivity index (χ4n) is 3.15. The number of amidine groups is 1. The Kier molecular flexibility index (Phi) is 4.50. The Hall–Kier alpha value is -2.61. The highest BCUT2D eigenvalue weighted by atomic mass is 32.1. The van der Waals surface area contributed by atoms with E-state index in [0.717, 1.165) is 22.8 Å². The predicted octanol–water partition coefficient (Wildman–Crippen LogP) is 3.80. The van der Waals surface area contributed by atoms with E-state index >= 15 is 0 Å². The van der Waals surface area contributed by atoms with Crippen LogP contribution in [0.2, 0.25) is 0 Å². The molecule has 0 bridgehead atoms. The highest BCUT2D eigenvalue weighted by Gasteiger charge is 2.27. The van der Waals surface area contributed by atoms with Gasteiger partial charge in [-0.25, -0.2) is 14.2 Å². The van der Waals surface area contributed by atoms with Crippen LogP contribution in [0.25, 0.3) is 0 Å². The van der Waals surface area contributed by atoms with Gasteiger partial charge in [0, 0.05) is 43.0 Å². The highest BCUT2D eigenvalue weighted by molar-refractivity contribution is 7.08. The minimum absolute atomic E-state index is 0.278. The molecule has 0 saturated carbocycles. The third-order valence-corrected chi connectivity index (χ3v) is 5.21. The quantitative estimate of drug-likeness (QED) is 0.825. The number of benzene rings is 1. The molecule has 1 fully saturated rings. The van der Waals surface area contributed by atoms with Crippen molar-refractivity contribution < 1.29 is 13.9 Å². The van der Waals surface area contributed by atoms with Crippen LogP contribution in [-0.2, 0) is 4.74 Å². The molecule has 0 aliphatic carbocycles. The summed E-state index contributed by atoms with van der Waals surface area (Å²) in [5, 5.41) is 7.41. The standard InChI is InChI=1S/C18H19FN4O2S/c1-2-25-18(24)23-7-5-22(6-8-23)17-13-10-26-11-16(13)20-14-4-3-12(19)9-15(14)21-17/h3-4,9-11,20H,2,5-8H2,1H3. The van der Waals surface area contributed by atoms with Gasteiger partial charge in [0.2, 0.25) is 0 Å². The lowest BCUT2D eigenvalue weighted by atomic mass is 10.2. The van der Waals surface area contributed by atoms with Crippen LogP contribution in [0.3, 0.4) is 0 Å². The number of aliphatic imine (C=N–C) groups is 1. The number of hydrogen-bond acceptors (Lipinski definition) is 6. The zero-order chi connectivity index (χ0) is 18.1. The lowest BCUT2D eigenvalue weighted by Crippen LogP contribution is -2.50. The van der Waals surface area contributed by atoms with Crippen molar-refractivity contribution in [2.45, 2.75) is 6.92 Å². The first-order valence-corrected chi connectivity index (χ1v) is 9.48. The first-order valence-electron chi connectivity index (χ1n) is 8.54. The van der Waals surface area contributed by atoms with Crippen molar-refractivity contribution >= 4 is 40.3 Å². The summed E-state index contributed by atoms with van der Waals surface area (Å²) in [5.74, 6) is 0.492. The molecule has 2 aliphatic heterocycles. The molecule has 1 saturated heterocycles. The fourth-order valence-corrected chi connectivity index (χ4v) is 3.90. The van der Waals surface area contributed by atoms with Gasteiger partial charge in [-0.1, -0.05) is 0 Å². The average molecular weight is 374 g/mol. The topological polar surface area (TPSA) is 57.2 Å². The molecule has 0 atom stereocenters. The maximum Gasteiger partial charge on any atom is 0.409 e. The number of carbonyl (C=O) groups excluding carboxylic acids is 1. The normalized spacial score (nSPS) is 16.2. The third kappa shape index (κ3) is 3.12. The van der Waals surface area contributed by atoms with Gasteiger partial charge in [0.15, 0.2) is 0 Å². The molecule has 1 amide bonds. The zero-order valence-electron chi connectivity index (χ0n) is 14.4. The lowest BCUT2D eigenvalue weighted by Gasteiger charge is -2.35. The Bertz CT molecular complexity index is 859. The van der Waals surface area contributed by atoms with Gasteiger partial charge >= 0.3 is 6.09 Å². The van der Waals surface area contributed by atoms with Gasteiger partial charge in [0.05, 0.1) is 29.2 Å². The summed E-state index contributed by atoms with van der Waals surface area (Å²) >= 11 is 1.59. The monoisotopic (exact) mass is 374 g/mol. The minimum Gasteiger partial charge on any atom is -0.450 e. The van der Waals surface area contributed by atoms with Crippen molar-refractivity contribution in [3.8, 4) is 0 Å². The molecule has 3 heterocycles. The van der Waals surface area contributed by atoms with E-state index in [-0.39, 0.29) is 11.9 Å². The highest BCUT2D eigenvalue weighted by Crippen LogP contribution is 2.37. The molecular formula is C18H19FN4O2S. The Balaban J connectivity index is 1.62. The van der Waals surface area contributed by atoms with E-state index in [2.05, 4.69) is 10.2 Å². The Morgan fingerprint density at radius 1 is 1.27 bits per heavy atom. The smallest absolute Gasteiger partial charge is 0.409 e. The number of amides is 1. The second-order valence-corrected chi connectivity index (χ2v) is 6.84. The molecule has 1 N–H and O–H groups in total. The van der Waals surface area contributed by atoms with Crippen LogP contribution in [-0.4, -0.2) is 54.5 Å². The van der Waals surface area contributed by atoms with Gasteiger partial charge in [-0.2, -0.15) is 0 Å². The van der Waals surface area contributed by atoms with Gasteiger partial charge in [-0.05, 0) is 19.1 Å². The number of fused-ring (bicyclic) bond motifs is 2. The minimum atomic E-state index is -0.315. The van der Waals surface area contributed by atoms with E-state index in [4.69, 9.17) is 9.73 Å². The second-order valence-electron chi connectivity index (χ2n) is 6.09. The van der Waals surface area contributed by atoms with Crippen molar-refractivity contribution in [2.75, 3.05) is 38.1 Å². The Labute approximate surface area is 154 Å². The SMILES string of the molecule is CCOC(=O)N1CCN(C2=Nc3cc(F)ccc3Nc3cscc32)CC1. The van der Waals surface area contributed by atoms with Crippen LogP contribution in [0.1, 0.15) is 12.5 Å². The van der Waals surface area contributed by atoms with Crippen molar-refractivity contribution in [3.63, 3.8) is 0 Å². The van der Waals surface area contributed by atoms with E-state index < -0.39 is 0 Å². The van der Waals surface area contributed by atoms with E-state index in [9.17, 15) is 9.18 Å². The first kappa shape index (κ1) is 16.8. The maximum absolute atomic E-state index is 13.7. The van der Waals surface area contributed by atoms with Crippen molar-refractivity contribution in [1.29, 1.82) is 0 Å². The summed E-state index contributed by atoms with van der Waals surface area (Å²) in [6.45, 7) is 4.62. The number of hydrogen-bond donors (Lipinski definition) is 1. The molecule has 2 aromatic rings. The van der Waals surface area contributed by atoms with E-state index in [0.29, 0.717) is 38.5 Å². The molecule has 1 aromatic carbocycles. The Morgan fingerprint density at radius 3 is 2.85 bits per heavy atom. The molecule has 136 valence electrons. The molecule has 4 rings (SSSR count). The average Bonchev–Trinajstić information content (AvgIpc) is 3.04. The predicted molar refractivity (Wildman–Crippen MR) is 100 cm³/mol. The molecular weight excluding hydrogens is 355 g/mol. The van der Waals surface area contributed by atoms with Gasteiger partial charge in [0.1, 0.15) is 11.7 Å². The summed E-state index contributed by atoms with van der Waals surface area (Å²) < 4.78 is 18.8. The first-order chi connectivity index (χ1) is 12.7. The van der Waals surface area contributed by atoms with Gasteiger partial charge in [-0.15, -0.1) is 11.3 Å². The van der Waals surface area contributed by atoms with E-state index in [1.165, 1.54) is 12.1 Å². The number of carbonyl (C=O) groups is 1. The van der Waals surface area contributed by atoms with Crippen molar-refractivity contribution in [1.82, 2.24) is 9.80 Å². The molecule has 6 nitrogen and oxygen atoms in total. The summed E-state index contributed by atoms with van der Waals surface area (Å²) in [5.41, 5.74) is 3.32. The Morgan fingerprint density at radius 2 is 2.08 bits per heavy atom. The van der Waals surface area contributed by atoms with Crippen LogP contribution < -0.4 is 5.32 Å². The number of anilines is 2. The zero-order valence-corrected chi connectivity index (χ0v) is 15.2. The van der Waals surface area contributed by atoms with Crippen LogP contribution >= 0.6 is 11.3 Å². The summed E-state index contributed by atoms with van der Waals surface area (Å²) in [7, 11) is 0. The largest absolute Gasteiger partial charge is 0.450 e. The molecule has 2 aliphatic rings. The molecule has 1 aromatic heterocycles. The number of thiophene rings is 1. The number of piperazine rings is 1. The van der Waals surface area contributed by atoms with Gasteiger partial charge < -0.3 is 19.9 Å². The van der Waals surface area contributed by atoms with E-state index in [1.54, 1.807) is 29.2 Å². The molecule has 0 unspecified atom stereocenters. The van der Waals surface area contributed by atoms with Crippen LogP contribution in [0, 0.1) is 5.82 Å². The van der Waals surface area contributed by atoms with Crippen LogP contribution in [0.4, 0.5) is 26.2 Å². The number of nitrogens with zero attached hydrogens (tertiary/aromatic N) is 3. The van der Waals surface area contributed by atoms with E-state index in [1.807, 2.05) is 10.8 Å². The lowest BCUT2D eigenvalue weighted by molar-refractivity contribution is 0.0921. The second kappa shape index (κ2) is 6.95. The number of ether oxygens (including phenoxy) is 1. The van der Waals surface area contributed by atoms with Gasteiger partial charge in [-0.3, -0.25) is 0 Å². The third-order valence-electron chi connectivity index (χ3n) is 4.46. The van der Waals surface area contributed by atoms with Crippen LogP contribution in [0.15, 0.2) is 34.0 Å². The molecule has 8 heteroatoms. The number of rotatable bonds is 1. The van der Waals surface area contributed by atoms with Crippen molar-refractivity contribution in [2.24, 2.45) is 4.99 Å². The van der Waals surface area contributed by atoms with Crippen LogP contribution in [0.5, 0.6) is 0 Å². The van der Waals surface area contributed by atoms with Crippen molar-refractivity contribution in [3.05, 3.63) is 40.3 Å². The maximum atomic E-state index is 13.7. The fraction of sp³-hybridized carbons (Fsp3) is 0.333. The summed E-state index contributed by atoms with van der Waals surface area (Å²) in [6, 6.07) is 4.57. The number of nitrogens with one attached hydrogen (secondary N) is 1.